The Morgan fingerprint density at radius 2 is 1.96 bits per heavy atom. The summed E-state index contributed by atoms with van der Waals surface area (Å²) in [5, 5.41) is 2.22. The summed E-state index contributed by atoms with van der Waals surface area (Å²) in [7, 11) is 1.11. The zero-order valence-electron chi connectivity index (χ0n) is 13.0. The second-order valence-electron chi connectivity index (χ2n) is 4.48. The molecule has 1 heterocycles. The fourth-order valence-corrected chi connectivity index (χ4v) is 3.16. The first kappa shape index (κ1) is 21.6. The number of rotatable bonds is 6. The molecule has 0 atom stereocenters. The molecule has 0 aliphatic rings. The van der Waals surface area contributed by atoms with Crippen LogP contribution in [-0.4, -0.2) is 35.8 Å². The Morgan fingerprint density at radius 1 is 1.36 bits per heavy atom. The van der Waals surface area contributed by atoms with Crippen molar-refractivity contribution in [2.45, 2.75) is 23.9 Å². The van der Waals surface area contributed by atoms with E-state index in [4.69, 9.17) is 5.84 Å². The van der Waals surface area contributed by atoms with Crippen LogP contribution >= 0.6 is 27.7 Å². The summed E-state index contributed by atoms with van der Waals surface area (Å²) in [6.45, 7) is 1.76. The number of alkyl halides is 5. The molecule has 0 aromatic carbocycles. The van der Waals surface area contributed by atoms with E-state index < -0.39 is 29.3 Å². The number of hydrogen-bond donors (Lipinski definition) is 3. The van der Waals surface area contributed by atoms with Gasteiger partial charge in [0.05, 0.1) is 5.70 Å². The summed E-state index contributed by atoms with van der Waals surface area (Å²) in [6.07, 6.45) is -4.78. The van der Waals surface area contributed by atoms with Gasteiger partial charge >= 0.3 is 12.1 Å². The number of amides is 1. The van der Waals surface area contributed by atoms with Crippen molar-refractivity contribution in [2.75, 3.05) is 12.8 Å². The van der Waals surface area contributed by atoms with E-state index in [1.165, 1.54) is 17.7 Å². The molecule has 12 heteroatoms. The number of carbonyl (C=O) groups is 1. The molecular weight excluding hydrogens is 435 g/mol. The summed E-state index contributed by atoms with van der Waals surface area (Å²) in [5.74, 6) is -1.92. The zero-order chi connectivity index (χ0) is 19.4. The number of nitrogens with zero attached hydrogens (tertiary/aromatic N) is 1. The van der Waals surface area contributed by atoms with Crippen molar-refractivity contribution in [2.24, 2.45) is 5.84 Å². The van der Waals surface area contributed by atoms with Gasteiger partial charge in [0.2, 0.25) is 0 Å². The number of aromatic nitrogens is 1. The molecule has 140 valence electrons. The molecule has 0 fully saturated rings. The Balaban J connectivity index is 3.81. The van der Waals surface area contributed by atoms with Crippen molar-refractivity contribution in [3.63, 3.8) is 0 Å². The van der Waals surface area contributed by atoms with Crippen molar-refractivity contribution in [1.29, 1.82) is 0 Å². The second-order valence-corrected chi connectivity index (χ2v) is 6.70. The topological polar surface area (TPSA) is 80.0 Å². The first-order valence-electron chi connectivity index (χ1n) is 6.67. The Hall–Kier alpha value is -1.40. The number of hydrogen-bond acceptors (Lipinski definition) is 5. The fraction of sp³-hybridized carbons (Fsp3) is 0.385. The lowest BCUT2D eigenvalue weighted by atomic mass is 10.0. The maximum absolute atomic E-state index is 14.0. The number of nitrogens with two attached hydrogens (primary N) is 1. The quantitative estimate of drug-likeness (QED) is 0.155. The summed E-state index contributed by atoms with van der Waals surface area (Å²) in [5.41, 5.74) is -1.52. The lowest BCUT2D eigenvalue weighted by molar-refractivity contribution is -0.263. The first-order chi connectivity index (χ1) is 11.5. The van der Waals surface area contributed by atoms with Crippen molar-refractivity contribution in [3.05, 3.63) is 28.0 Å². The molecule has 0 saturated heterocycles. The highest BCUT2D eigenvalue weighted by Gasteiger charge is 2.63. The minimum absolute atomic E-state index is 0.222. The standard InChI is InChI=1S/C13H14BrF5N4OS/c1-3-25-7-4-6(14)5-22-9(7)10(21-2)8(11(24)23-20)12(15,16)13(17,18)19/h4-5,21H,3,20H2,1-2H3,(H,23,24)/b10-8-. The predicted octanol–water partition coefficient (Wildman–Crippen LogP) is 3.07. The van der Waals surface area contributed by atoms with Gasteiger partial charge < -0.3 is 5.32 Å². The molecule has 1 rings (SSSR count). The van der Waals surface area contributed by atoms with E-state index in [9.17, 15) is 26.7 Å². The Morgan fingerprint density at radius 3 is 2.40 bits per heavy atom. The van der Waals surface area contributed by atoms with Gasteiger partial charge in [-0.15, -0.1) is 11.8 Å². The number of halogens is 6. The van der Waals surface area contributed by atoms with Gasteiger partial charge in [-0.2, -0.15) is 22.0 Å². The molecule has 0 spiro atoms. The van der Waals surface area contributed by atoms with E-state index in [1.807, 2.05) is 0 Å². The molecule has 1 amide bonds. The Kier molecular flexibility index (Phi) is 7.20. The fourth-order valence-electron chi connectivity index (χ4n) is 1.86. The van der Waals surface area contributed by atoms with Crippen LogP contribution in [0.1, 0.15) is 12.6 Å². The number of nitrogens with one attached hydrogen (secondary N) is 2. The normalized spacial score (nSPS) is 13.3. The molecule has 0 unspecified atom stereocenters. The lowest BCUT2D eigenvalue weighted by Gasteiger charge is -2.25. The molecule has 0 bridgehead atoms. The lowest BCUT2D eigenvalue weighted by Crippen LogP contribution is -2.47. The molecule has 0 saturated carbocycles. The third-order valence-electron chi connectivity index (χ3n) is 2.88. The van der Waals surface area contributed by atoms with Gasteiger partial charge in [-0.25, -0.2) is 5.84 Å². The van der Waals surface area contributed by atoms with Crippen molar-refractivity contribution >= 4 is 39.3 Å². The van der Waals surface area contributed by atoms with Crippen LogP contribution in [0, 0.1) is 0 Å². The SMILES string of the molecule is CCSc1cc(Br)cnc1/C(NC)=C(\C(=O)NN)C(F)(F)C(F)(F)F. The molecule has 5 nitrogen and oxygen atoms in total. The average Bonchev–Trinajstić information content (AvgIpc) is 2.51. The first-order valence-corrected chi connectivity index (χ1v) is 8.45. The van der Waals surface area contributed by atoms with E-state index in [0.29, 0.717) is 15.1 Å². The van der Waals surface area contributed by atoms with Crippen LogP contribution < -0.4 is 16.6 Å². The maximum Gasteiger partial charge on any atom is 0.458 e. The minimum Gasteiger partial charge on any atom is -0.386 e. The summed E-state index contributed by atoms with van der Waals surface area (Å²) in [4.78, 5) is 16.0. The summed E-state index contributed by atoms with van der Waals surface area (Å²) >= 11 is 4.31. The Bertz CT molecular complexity index is 681. The van der Waals surface area contributed by atoms with Gasteiger partial charge in [0, 0.05) is 22.6 Å². The second kappa shape index (κ2) is 8.32. The highest BCUT2D eigenvalue weighted by atomic mass is 79.9. The number of hydrazine groups is 1. The van der Waals surface area contributed by atoms with Crippen LogP contribution in [0.15, 0.2) is 27.2 Å². The van der Waals surface area contributed by atoms with Crippen LogP contribution in [-0.2, 0) is 4.79 Å². The van der Waals surface area contributed by atoms with E-state index >= 15 is 0 Å². The van der Waals surface area contributed by atoms with Crippen molar-refractivity contribution < 1.29 is 26.7 Å². The molecule has 25 heavy (non-hydrogen) atoms. The van der Waals surface area contributed by atoms with Crippen LogP contribution in [0.2, 0.25) is 0 Å². The number of thioether (sulfide) groups is 1. The molecule has 0 aliphatic heterocycles. The smallest absolute Gasteiger partial charge is 0.386 e. The predicted molar refractivity (Wildman–Crippen MR) is 87.6 cm³/mol. The summed E-state index contributed by atoms with van der Waals surface area (Å²) < 4.78 is 67.0. The molecule has 0 radical (unpaired) electrons. The van der Waals surface area contributed by atoms with E-state index in [1.54, 1.807) is 6.92 Å². The van der Waals surface area contributed by atoms with Crippen LogP contribution in [0.3, 0.4) is 0 Å². The largest absolute Gasteiger partial charge is 0.458 e. The van der Waals surface area contributed by atoms with Gasteiger partial charge in [0.1, 0.15) is 11.3 Å². The van der Waals surface area contributed by atoms with Gasteiger partial charge in [-0.3, -0.25) is 15.2 Å². The van der Waals surface area contributed by atoms with Crippen LogP contribution in [0.4, 0.5) is 22.0 Å². The molecule has 1 aromatic rings. The molecule has 4 N–H and O–H groups in total. The van der Waals surface area contributed by atoms with Crippen LogP contribution in [0.5, 0.6) is 0 Å². The monoisotopic (exact) mass is 448 g/mol. The number of carbonyl (C=O) groups excluding carboxylic acids is 1. The zero-order valence-corrected chi connectivity index (χ0v) is 15.4. The highest BCUT2D eigenvalue weighted by molar-refractivity contribution is 9.10. The number of pyridine rings is 1. The third kappa shape index (κ3) is 4.61. The summed E-state index contributed by atoms with van der Waals surface area (Å²) in [6, 6.07) is 1.50. The molecular formula is C13H14BrF5N4OS. The van der Waals surface area contributed by atoms with Crippen LogP contribution in [0.25, 0.3) is 5.70 Å². The van der Waals surface area contributed by atoms with E-state index in [-0.39, 0.29) is 5.69 Å². The van der Waals surface area contributed by atoms with Gasteiger partial charge in [-0.1, -0.05) is 6.92 Å². The highest BCUT2D eigenvalue weighted by Crippen LogP contribution is 2.44. The Labute approximate surface area is 152 Å². The van der Waals surface area contributed by atoms with Crippen molar-refractivity contribution in [1.82, 2.24) is 15.7 Å². The third-order valence-corrected chi connectivity index (χ3v) is 4.23. The maximum atomic E-state index is 14.0. The van der Waals surface area contributed by atoms with Gasteiger partial charge in [0.25, 0.3) is 5.91 Å². The van der Waals surface area contributed by atoms with Gasteiger partial charge in [0.15, 0.2) is 0 Å². The van der Waals surface area contributed by atoms with Gasteiger partial charge in [-0.05, 0) is 27.7 Å². The molecule has 1 aromatic heterocycles. The van der Waals surface area contributed by atoms with Crippen molar-refractivity contribution in [3.8, 4) is 0 Å². The molecule has 0 aliphatic carbocycles. The average molecular weight is 449 g/mol. The van der Waals surface area contributed by atoms with E-state index in [2.05, 4.69) is 26.2 Å². The van der Waals surface area contributed by atoms with E-state index in [0.717, 1.165) is 18.8 Å². The minimum atomic E-state index is -6.00.